The number of fused-ring (bicyclic) bond motifs is 3. The second-order valence-electron chi connectivity index (χ2n) is 11.8. The summed E-state index contributed by atoms with van der Waals surface area (Å²) in [4.78, 5) is 24.4. The average molecular weight is 598 g/mol. The summed E-state index contributed by atoms with van der Waals surface area (Å²) in [5, 5.41) is 0. The zero-order valence-corrected chi connectivity index (χ0v) is 23.1. The van der Waals surface area contributed by atoms with E-state index in [4.69, 9.17) is 4.74 Å². The third kappa shape index (κ3) is 5.35. The molecule has 6 rings (SSSR count). The Morgan fingerprint density at radius 1 is 1.13 bits per heavy atom. The summed E-state index contributed by atoms with van der Waals surface area (Å²) in [5.74, 6) is -2.89. The number of amides is 1. The first-order chi connectivity index (χ1) is 17.8. The number of nitrogens with zero attached hydrogens (tertiary/aromatic N) is 3. The molecule has 2 aromatic heterocycles. The first-order valence-corrected chi connectivity index (χ1v) is 13.9. The number of halogens is 5. The number of aromatic nitrogens is 2. The fourth-order valence-electron chi connectivity index (χ4n) is 6.69. The van der Waals surface area contributed by atoms with E-state index < -0.39 is 24.1 Å². The molecule has 206 valence electrons. The standard InChI is InChI=1S/C28H32BrF4N3O2/c1-25(38-24(30)31)14-18(15-25)23(37)36(22-13-20(29)5-12-34-22)17-27-6-9-28(10-7-27,11-8-27)21-4-3-19(16-35-21)26(2,32)33/h3-5,12-13,16,18,24H,6-11,14-15,17H2,1-2H3. The number of hydrogen-bond acceptors (Lipinski definition) is 4. The minimum absolute atomic E-state index is 0.0830. The fourth-order valence-corrected chi connectivity index (χ4v) is 7.01. The number of anilines is 1. The van der Waals surface area contributed by atoms with Crippen LogP contribution in [0, 0.1) is 11.3 Å². The Morgan fingerprint density at radius 3 is 2.32 bits per heavy atom. The smallest absolute Gasteiger partial charge is 0.317 e. The van der Waals surface area contributed by atoms with Crippen LogP contribution in [-0.4, -0.2) is 34.6 Å². The molecule has 2 heterocycles. The highest BCUT2D eigenvalue weighted by molar-refractivity contribution is 9.10. The molecular formula is C28H32BrF4N3O2. The third-order valence-electron chi connectivity index (χ3n) is 9.04. The predicted octanol–water partition coefficient (Wildman–Crippen LogP) is 7.38. The van der Waals surface area contributed by atoms with Crippen molar-refractivity contribution in [2.24, 2.45) is 11.3 Å². The van der Waals surface area contributed by atoms with E-state index in [2.05, 4.69) is 25.9 Å². The molecule has 5 nitrogen and oxygen atoms in total. The van der Waals surface area contributed by atoms with Gasteiger partial charge in [0.25, 0.3) is 5.92 Å². The lowest BCUT2D eigenvalue weighted by atomic mass is 9.52. The molecule has 2 bridgehead atoms. The van der Waals surface area contributed by atoms with E-state index in [-0.39, 0.29) is 35.1 Å². The van der Waals surface area contributed by atoms with E-state index in [1.807, 2.05) is 6.07 Å². The number of carbonyl (C=O) groups excluding carboxylic acids is 1. The molecule has 10 heteroatoms. The summed E-state index contributed by atoms with van der Waals surface area (Å²) >= 11 is 3.47. The van der Waals surface area contributed by atoms with E-state index in [1.165, 1.54) is 12.3 Å². The molecule has 0 unspecified atom stereocenters. The molecule has 4 aliphatic rings. The number of alkyl halides is 4. The molecule has 0 aromatic carbocycles. The second kappa shape index (κ2) is 9.84. The molecule has 0 saturated heterocycles. The molecule has 4 aliphatic carbocycles. The Bertz CT molecular complexity index is 1160. The highest BCUT2D eigenvalue weighted by Gasteiger charge is 2.53. The first kappa shape index (κ1) is 27.5. The summed E-state index contributed by atoms with van der Waals surface area (Å²) in [6, 6.07) is 6.84. The van der Waals surface area contributed by atoms with Crippen LogP contribution in [0.2, 0.25) is 0 Å². The molecule has 4 saturated carbocycles. The third-order valence-corrected chi connectivity index (χ3v) is 9.53. The SMILES string of the molecule is CC1(OC(F)F)CC(C(=O)N(CC23CCC(c4ccc(C(C)(F)F)cn4)(CC2)CC3)c2cc(Br)ccn2)C1. The van der Waals surface area contributed by atoms with Crippen LogP contribution >= 0.6 is 15.9 Å². The number of ether oxygens (including phenoxy) is 1. The van der Waals surface area contributed by atoms with Gasteiger partial charge in [-0.3, -0.25) is 14.7 Å². The van der Waals surface area contributed by atoms with Crippen molar-refractivity contribution in [1.29, 1.82) is 0 Å². The molecular weight excluding hydrogens is 566 g/mol. The van der Waals surface area contributed by atoms with Crippen LogP contribution in [0.4, 0.5) is 23.4 Å². The lowest BCUT2D eigenvalue weighted by molar-refractivity contribution is -0.237. The lowest BCUT2D eigenvalue weighted by Crippen LogP contribution is -2.55. The second-order valence-corrected chi connectivity index (χ2v) is 12.7. The maximum Gasteiger partial charge on any atom is 0.345 e. The maximum atomic E-state index is 13.7. The maximum absolute atomic E-state index is 13.7. The van der Waals surface area contributed by atoms with Crippen LogP contribution in [0.1, 0.15) is 76.5 Å². The van der Waals surface area contributed by atoms with Gasteiger partial charge in [-0.05, 0) is 88.0 Å². The molecule has 1 amide bonds. The van der Waals surface area contributed by atoms with Gasteiger partial charge >= 0.3 is 6.61 Å². The molecule has 0 radical (unpaired) electrons. The highest BCUT2D eigenvalue weighted by Crippen LogP contribution is 2.58. The topological polar surface area (TPSA) is 55.3 Å². The molecule has 2 aromatic rings. The van der Waals surface area contributed by atoms with Gasteiger partial charge in [0.05, 0.1) is 5.60 Å². The average Bonchev–Trinajstić information content (AvgIpc) is 2.86. The van der Waals surface area contributed by atoms with E-state index in [9.17, 15) is 22.4 Å². The number of rotatable bonds is 8. The number of pyridine rings is 2. The van der Waals surface area contributed by atoms with Crippen LogP contribution < -0.4 is 4.90 Å². The van der Waals surface area contributed by atoms with Crippen molar-refractivity contribution in [3.05, 3.63) is 52.4 Å². The molecule has 0 aliphatic heterocycles. The minimum Gasteiger partial charge on any atom is -0.317 e. The van der Waals surface area contributed by atoms with E-state index in [0.29, 0.717) is 12.4 Å². The quantitative estimate of drug-likeness (QED) is 0.298. The van der Waals surface area contributed by atoms with Crippen LogP contribution in [0.5, 0.6) is 0 Å². The van der Waals surface area contributed by atoms with E-state index >= 15 is 0 Å². The van der Waals surface area contributed by atoms with Gasteiger partial charge in [-0.25, -0.2) is 13.8 Å². The Hall–Kier alpha value is -2.07. The van der Waals surface area contributed by atoms with Crippen molar-refractivity contribution in [3.8, 4) is 0 Å². The minimum atomic E-state index is -2.92. The van der Waals surface area contributed by atoms with Gasteiger partial charge in [0.1, 0.15) is 5.82 Å². The molecule has 0 N–H and O–H groups in total. The summed E-state index contributed by atoms with van der Waals surface area (Å²) in [6.45, 7) is 0.128. The Labute approximate surface area is 228 Å². The number of carbonyl (C=O) groups is 1. The zero-order chi connectivity index (χ0) is 27.3. The van der Waals surface area contributed by atoms with Crippen LogP contribution in [0.3, 0.4) is 0 Å². The fraction of sp³-hybridized carbons (Fsp3) is 0.607. The molecule has 0 spiro atoms. The molecule has 4 fully saturated rings. The van der Waals surface area contributed by atoms with Crippen molar-refractivity contribution < 1.29 is 27.1 Å². The van der Waals surface area contributed by atoms with E-state index in [1.54, 1.807) is 30.2 Å². The van der Waals surface area contributed by atoms with Gasteiger partial charge in [-0.15, -0.1) is 0 Å². The van der Waals surface area contributed by atoms with Gasteiger partial charge in [-0.1, -0.05) is 15.9 Å². The zero-order valence-electron chi connectivity index (χ0n) is 21.5. The largest absolute Gasteiger partial charge is 0.345 e. The van der Waals surface area contributed by atoms with Crippen molar-refractivity contribution >= 4 is 27.7 Å². The molecule has 38 heavy (non-hydrogen) atoms. The summed E-state index contributed by atoms with van der Waals surface area (Å²) in [5.41, 5.74) is -0.435. The van der Waals surface area contributed by atoms with Gasteiger partial charge in [0, 0.05) is 52.9 Å². The van der Waals surface area contributed by atoms with Crippen molar-refractivity contribution in [2.75, 3.05) is 11.4 Å². The summed E-state index contributed by atoms with van der Waals surface area (Å²) in [7, 11) is 0. The van der Waals surface area contributed by atoms with Gasteiger partial charge in [0.15, 0.2) is 0 Å². The highest BCUT2D eigenvalue weighted by atomic mass is 79.9. The van der Waals surface area contributed by atoms with Crippen molar-refractivity contribution in [2.45, 2.75) is 88.8 Å². The van der Waals surface area contributed by atoms with Crippen LogP contribution in [-0.2, 0) is 20.9 Å². The van der Waals surface area contributed by atoms with Crippen LogP contribution in [0.25, 0.3) is 0 Å². The van der Waals surface area contributed by atoms with Crippen molar-refractivity contribution in [1.82, 2.24) is 9.97 Å². The monoisotopic (exact) mass is 597 g/mol. The summed E-state index contributed by atoms with van der Waals surface area (Å²) in [6.07, 6.45) is 8.70. The van der Waals surface area contributed by atoms with Gasteiger partial charge < -0.3 is 4.74 Å². The normalized spacial score (nSPS) is 30.8. The lowest BCUT2D eigenvalue weighted by Gasteiger charge is -2.55. The number of hydrogen-bond donors (Lipinski definition) is 0. The Morgan fingerprint density at radius 2 is 1.79 bits per heavy atom. The first-order valence-electron chi connectivity index (χ1n) is 13.1. The van der Waals surface area contributed by atoms with Crippen LogP contribution in [0.15, 0.2) is 41.1 Å². The van der Waals surface area contributed by atoms with Crippen molar-refractivity contribution in [3.63, 3.8) is 0 Å². The summed E-state index contributed by atoms with van der Waals surface area (Å²) < 4.78 is 58.5. The Balaban J connectivity index is 1.32. The van der Waals surface area contributed by atoms with Gasteiger partial charge in [0.2, 0.25) is 5.91 Å². The van der Waals surface area contributed by atoms with E-state index in [0.717, 1.165) is 55.6 Å². The predicted molar refractivity (Wildman–Crippen MR) is 138 cm³/mol. The van der Waals surface area contributed by atoms with Gasteiger partial charge in [-0.2, -0.15) is 8.78 Å². The Kier molecular flexibility index (Phi) is 7.12. The molecule has 0 atom stereocenters.